The Labute approximate surface area is 129 Å². The van der Waals surface area contributed by atoms with Crippen molar-refractivity contribution in [2.45, 2.75) is 25.1 Å². The van der Waals surface area contributed by atoms with Gasteiger partial charge in [-0.05, 0) is 17.0 Å². The van der Waals surface area contributed by atoms with Crippen molar-refractivity contribution in [2.75, 3.05) is 0 Å². The molecule has 1 unspecified atom stereocenters. The van der Waals surface area contributed by atoms with Gasteiger partial charge >= 0.3 is 0 Å². The zero-order valence-electron chi connectivity index (χ0n) is 12.6. The van der Waals surface area contributed by atoms with Gasteiger partial charge in [-0.15, -0.1) is 0 Å². The van der Waals surface area contributed by atoms with Gasteiger partial charge in [0.15, 0.2) is 0 Å². The first kappa shape index (κ1) is 15.5. The van der Waals surface area contributed by atoms with Gasteiger partial charge in [0.25, 0.3) is 6.47 Å². The predicted molar refractivity (Wildman–Crippen MR) is 89.0 cm³/mol. The minimum absolute atomic E-state index is 0.0629. The van der Waals surface area contributed by atoms with Gasteiger partial charge in [0.05, 0.1) is 15.2 Å². The SMILES string of the molecule is CC(C)C(OC=O)[SiH2]C(c1ccccc1)c1ccccc1. The summed E-state index contributed by atoms with van der Waals surface area (Å²) in [4.78, 5) is 10.8. The molecule has 0 aliphatic carbocycles. The van der Waals surface area contributed by atoms with E-state index in [9.17, 15) is 4.79 Å². The van der Waals surface area contributed by atoms with Gasteiger partial charge in [-0.1, -0.05) is 74.5 Å². The highest BCUT2D eigenvalue weighted by atomic mass is 28.2. The van der Waals surface area contributed by atoms with E-state index in [0.717, 1.165) is 0 Å². The van der Waals surface area contributed by atoms with E-state index in [1.807, 2.05) is 12.1 Å². The number of hydrogen-bond acceptors (Lipinski definition) is 2. The summed E-state index contributed by atoms with van der Waals surface area (Å²) in [6.07, 6.45) is 0. The normalized spacial score (nSPS) is 13.0. The van der Waals surface area contributed by atoms with Crippen molar-refractivity contribution in [3.05, 3.63) is 71.8 Å². The summed E-state index contributed by atoms with van der Waals surface area (Å²) in [6.45, 7) is 4.84. The lowest BCUT2D eigenvalue weighted by Crippen LogP contribution is -2.31. The second kappa shape index (κ2) is 7.79. The van der Waals surface area contributed by atoms with Crippen molar-refractivity contribution >= 4 is 16.0 Å². The highest BCUT2D eigenvalue weighted by molar-refractivity contribution is 6.41. The molecule has 0 aromatic heterocycles. The molecular formula is C18H22O2Si. The van der Waals surface area contributed by atoms with Crippen LogP contribution in [0.15, 0.2) is 60.7 Å². The summed E-state index contributed by atoms with van der Waals surface area (Å²) in [6, 6.07) is 21.0. The molecule has 0 saturated heterocycles. The Bertz CT molecular complexity index is 500. The standard InChI is InChI=1S/C18H22O2Si/c1-14(2)18(20-13-19)21-17(15-9-5-3-6-10-15)16-11-7-4-8-12-16/h3-14,17-18H,21H2,1-2H3. The molecule has 0 N–H and O–H groups in total. The summed E-state index contributed by atoms with van der Waals surface area (Å²) < 4.78 is 5.36. The number of hydrogen-bond donors (Lipinski definition) is 0. The van der Waals surface area contributed by atoms with Crippen molar-refractivity contribution in [1.82, 2.24) is 0 Å². The van der Waals surface area contributed by atoms with Crippen LogP contribution in [-0.2, 0) is 9.53 Å². The quantitative estimate of drug-likeness (QED) is 0.580. The molecule has 2 nitrogen and oxygen atoms in total. The lowest BCUT2D eigenvalue weighted by molar-refractivity contribution is -0.131. The Morgan fingerprint density at radius 2 is 1.38 bits per heavy atom. The van der Waals surface area contributed by atoms with Crippen LogP contribution in [0.4, 0.5) is 0 Å². The van der Waals surface area contributed by atoms with Crippen molar-refractivity contribution in [1.29, 1.82) is 0 Å². The number of rotatable bonds is 7. The molecule has 0 fully saturated rings. The lowest BCUT2D eigenvalue weighted by Gasteiger charge is -2.25. The van der Waals surface area contributed by atoms with Crippen LogP contribution in [0.2, 0.25) is 0 Å². The summed E-state index contributed by atoms with van der Waals surface area (Å²) in [5, 5.41) is 0. The molecule has 0 bridgehead atoms. The first-order valence-corrected chi connectivity index (χ1v) is 9.04. The maximum Gasteiger partial charge on any atom is 0.293 e. The fourth-order valence-electron chi connectivity index (χ4n) is 2.62. The van der Waals surface area contributed by atoms with Crippen LogP contribution in [0.3, 0.4) is 0 Å². The average Bonchev–Trinajstić information content (AvgIpc) is 2.53. The Morgan fingerprint density at radius 1 is 0.905 bits per heavy atom. The molecule has 3 heteroatoms. The van der Waals surface area contributed by atoms with Gasteiger partial charge < -0.3 is 4.74 Å². The molecule has 0 heterocycles. The Morgan fingerprint density at radius 3 is 1.76 bits per heavy atom. The van der Waals surface area contributed by atoms with Crippen LogP contribution in [0.25, 0.3) is 0 Å². The number of ether oxygens (including phenoxy) is 1. The van der Waals surface area contributed by atoms with Crippen molar-refractivity contribution in [3.8, 4) is 0 Å². The Kier molecular flexibility index (Phi) is 5.75. The molecule has 21 heavy (non-hydrogen) atoms. The molecule has 2 aromatic carbocycles. The summed E-state index contributed by atoms with van der Waals surface area (Å²) in [7, 11) is -0.669. The number of benzene rings is 2. The van der Waals surface area contributed by atoms with Crippen LogP contribution >= 0.6 is 0 Å². The molecule has 2 rings (SSSR count). The van der Waals surface area contributed by atoms with Crippen LogP contribution < -0.4 is 0 Å². The topological polar surface area (TPSA) is 26.3 Å². The van der Waals surface area contributed by atoms with Gasteiger partial charge in [0, 0.05) is 5.54 Å². The molecule has 2 aromatic rings. The van der Waals surface area contributed by atoms with E-state index in [-0.39, 0.29) is 5.73 Å². The van der Waals surface area contributed by atoms with Crippen LogP contribution in [-0.4, -0.2) is 21.7 Å². The first-order valence-electron chi connectivity index (χ1n) is 7.41. The molecule has 0 radical (unpaired) electrons. The van der Waals surface area contributed by atoms with Crippen LogP contribution in [0.1, 0.15) is 30.5 Å². The fraction of sp³-hybridized carbons (Fsp3) is 0.278. The molecular weight excluding hydrogens is 276 g/mol. The van der Waals surface area contributed by atoms with Crippen molar-refractivity contribution in [3.63, 3.8) is 0 Å². The number of carbonyl (C=O) groups excluding carboxylic acids is 1. The maximum absolute atomic E-state index is 10.8. The summed E-state index contributed by atoms with van der Waals surface area (Å²) in [5.41, 5.74) is 3.07. The largest absolute Gasteiger partial charge is 0.469 e. The third-order valence-electron chi connectivity index (χ3n) is 3.85. The van der Waals surface area contributed by atoms with E-state index in [1.54, 1.807) is 0 Å². The zero-order valence-corrected chi connectivity index (χ0v) is 14.0. The summed E-state index contributed by atoms with van der Waals surface area (Å²) in [5.74, 6) is 0.358. The van der Waals surface area contributed by atoms with E-state index < -0.39 is 9.52 Å². The van der Waals surface area contributed by atoms with E-state index >= 15 is 0 Å². The highest BCUT2D eigenvalue weighted by Gasteiger charge is 2.23. The van der Waals surface area contributed by atoms with Crippen molar-refractivity contribution in [2.24, 2.45) is 5.92 Å². The van der Waals surface area contributed by atoms with Gasteiger partial charge in [0.1, 0.15) is 0 Å². The van der Waals surface area contributed by atoms with Gasteiger partial charge in [-0.3, -0.25) is 4.79 Å². The van der Waals surface area contributed by atoms with E-state index in [4.69, 9.17) is 4.74 Å². The summed E-state index contributed by atoms with van der Waals surface area (Å²) >= 11 is 0. The Hall–Kier alpha value is -1.87. The van der Waals surface area contributed by atoms with Gasteiger partial charge in [-0.25, -0.2) is 0 Å². The van der Waals surface area contributed by atoms with Gasteiger partial charge in [0.2, 0.25) is 0 Å². The molecule has 110 valence electrons. The van der Waals surface area contributed by atoms with E-state index in [1.165, 1.54) is 11.1 Å². The second-order valence-electron chi connectivity index (χ2n) is 5.62. The third-order valence-corrected chi connectivity index (χ3v) is 6.86. The zero-order chi connectivity index (χ0) is 15.1. The third kappa shape index (κ3) is 4.30. The monoisotopic (exact) mass is 298 g/mol. The van der Waals surface area contributed by atoms with Crippen molar-refractivity contribution < 1.29 is 9.53 Å². The fourth-order valence-corrected chi connectivity index (χ4v) is 4.91. The molecule has 0 aliphatic heterocycles. The molecule has 0 amide bonds. The smallest absolute Gasteiger partial charge is 0.293 e. The minimum Gasteiger partial charge on any atom is -0.469 e. The molecule has 0 aliphatic rings. The Balaban J connectivity index is 2.30. The van der Waals surface area contributed by atoms with E-state index in [0.29, 0.717) is 17.9 Å². The molecule has 0 saturated carbocycles. The van der Waals surface area contributed by atoms with Crippen LogP contribution in [0, 0.1) is 5.92 Å². The van der Waals surface area contributed by atoms with Gasteiger partial charge in [-0.2, -0.15) is 0 Å². The predicted octanol–water partition coefficient (Wildman–Crippen LogP) is 3.10. The number of carbonyl (C=O) groups is 1. The highest BCUT2D eigenvalue weighted by Crippen LogP contribution is 2.26. The minimum atomic E-state index is -0.669. The molecule has 0 spiro atoms. The maximum atomic E-state index is 10.8. The first-order chi connectivity index (χ1) is 10.2. The average molecular weight is 298 g/mol. The lowest BCUT2D eigenvalue weighted by atomic mass is 10.0. The van der Waals surface area contributed by atoms with E-state index in [2.05, 4.69) is 62.4 Å². The molecule has 1 atom stereocenters. The van der Waals surface area contributed by atoms with Crippen LogP contribution in [0.5, 0.6) is 0 Å². The second-order valence-corrected chi connectivity index (χ2v) is 7.72.